The van der Waals surface area contributed by atoms with E-state index in [9.17, 15) is 9.90 Å². The minimum absolute atomic E-state index is 0.210. The molecule has 4 rings (SSSR count). The SMILES string of the molecule is COc1ncccc1Nc1ncnc2c1OCCCN2C1CCN(C(=O)O)CC1. The van der Waals surface area contributed by atoms with Crippen LogP contribution in [0.15, 0.2) is 24.7 Å². The molecular formula is C19H24N6O4. The van der Waals surface area contributed by atoms with Crippen molar-refractivity contribution in [3.8, 4) is 11.6 Å². The number of carboxylic acid groups (broad SMARTS) is 1. The summed E-state index contributed by atoms with van der Waals surface area (Å²) in [5, 5.41) is 12.5. The number of ether oxygens (including phenoxy) is 2. The molecule has 0 bridgehead atoms. The van der Waals surface area contributed by atoms with E-state index < -0.39 is 6.09 Å². The number of hydrogen-bond acceptors (Lipinski definition) is 8. The highest BCUT2D eigenvalue weighted by molar-refractivity contribution is 5.72. The van der Waals surface area contributed by atoms with Gasteiger partial charge < -0.3 is 29.7 Å². The van der Waals surface area contributed by atoms with Crippen LogP contribution < -0.4 is 19.7 Å². The molecule has 0 aromatic carbocycles. The van der Waals surface area contributed by atoms with Crippen molar-refractivity contribution in [2.24, 2.45) is 0 Å². The molecule has 2 aromatic rings. The van der Waals surface area contributed by atoms with Crippen molar-refractivity contribution in [3.63, 3.8) is 0 Å². The molecule has 154 valence electrons. The molecule has 1 amide bonds. The van der Waals surface area contributed by atoms with Gasteiger partial charge in [0.25, 0.3) is 0 Å². The second-order valence-corrected chi connectivity index (χ2v) is 6.96. The van der Waals surface area contributed by atoms with Gasteiger partial charge in [0.05, 0.1) is 13.7 Å². The predicted octanol–water partition coefficient (Wildman–Crippen LogP) is 2.36. The van der Waals surface area contributed by atoms with E-state index in [1.165, 1.54) is 11.2 Å². The summed E-state index contributed by atoms with van der Waals surface area (Å²) in [6.45, 7) is 2.41. The maximum atomic E-state index is 11.2. The van der Waals surface area contributed by atoms with E-state index >= 15 is 0 Å². The maximum Gasteiger partial charge on any atom is 0.407 e. The minimum atomic E-state index is -0.859. The number of nitrogens with one attached hydrogen (secondary N) is 1. The molecule has 0 atom stereocenters. The highest BCUT2D eigenvalue weighted by atomic mass is 16.5. The molecular weight excluding hydrogens is 376 g/mol. The fourth-order valence-corrected chi connectivity index (χ4v) is 3.81. The molecule has 2 aromatic heterocycles. The molecule has 0 spiro atoms. The van der Waals surface area contributed by atoms with E-state index in [1.54, 1.807) is 13.3 Å². The molecule has 1 fully saturated rings. The summed E-state index contributed by atoms with van der Waals surface area (Å²) < 4.78 is 11.3. The molecule has 2 aliphatic heterocycles. The lowest BCUT2D eigenvalue weighted by Gasteiger charge is -2.37. The number of piperidine rings is 1. The number of methoxy groups -OCH3 is 1. The summed E-state index contributed by atoms with van der Waals surface area (Å²) in [5.41, 5.74) is 0.685. The molecule has 0 saturated carbocycles. The lowest BCUT2D eigenvalue weighted by atomic mass is 10.0. The van der Waals surface area contributed by atoms with Crippen LogP contribution in [-0.4, -0.2) is 70.4 Å². The summed E-state index contributed by atoms with van der Waals surface area (Å²) in [6.07, 6.45) is 4.68. The van der Waals surface area contributed by atoms with Crippen LogP contribution in [0, 0.1) is 0 Å². The molecule has 10 nitrogen and oxygen atoms in total. The average molecular weight is 400 g/mol. The average Bonchev–Trinajstić information content (AvgIpc) is 2.97. The standard InChI is InChI=1S/C19H24N6O4/c1-28-18-14(4-2-7-20-18)23-16-15-17(22-12-21-16)25(8-3-11-29-15)13-5-9-24(10-6-13)19(26)27/h2,4,7,12-13H,3,5-6,8-11H2,1H3,(H,26,27)(H,21,22,23). The first-order valence-corrected chi connectivity index (χ1v) is 9.65. The Labute approximate surface area is 168 Å². The molecule has 0 aliphatic carbocycles. The lowest BCUT2D eigenvalue weighted by Crippen LogP contribution is -2.47. The number of hydrogen-bond donors (Lipinski definition) is 2. The largest absolute Gasteiger partial charge is 0.486 e. The Balaban J connectivity index is 1.60. The van der Waals surface area contributed by atoms with Crippen molar-refractivity contribution < 1.29 is 19.4 Å². The molecule has 10 heteroatoms. The van der Waals surface area contributed by atoms with Gasteiger partial charge in [0.15, 0.2) is 11.6 Å². The quantitative estimate of drug-likeness (QED) is 0.798. The summed E-state index contributed by atoms with van der Waals surface area (Å²) in [6, 6.07) is 3.88. The fraction of sp³-hybridized carbons (Fsp3) is 0.474. The Kier molecular flexibility index (Phi) is 5.50. The number of likely N-dealkylation sites (tertiary alicyclic amines) is 1. The van der Waals surface area contributed by atoms with Gasteiger partial charge in [-0.2, -0.15) is 0 Å². The van der Waals surface area contributed by atoms with Crippen molar-refractivity contribution >= 4 is 23.4 Å². The van der Waals surface area contributed by atoms with Crippen LogP contribution in [-0.2, 0) is 0 Å². The first-order chi connectivity index (χ1) is 14.2. The van der Waals surface area contributed by atoms with Gasteiger partial charge in [0.1, 0.15) is 12.0 Å². The van der Waals surface area contributed by atoms with Crippen molar-refractivity contribution in [1.29, 1.82) is 0 Å². The van der Waals surface area contributed by atoms with Crippen LogP contribution >= 0.6 is 0 Å². The number of pyridine rings is 1. The van der Waals surface area contributed by atoms with E-state index in [-0.39, 0.29) is 6.04 Å². The van der Waals surface area contributed by atoms with Gasteiger partial charge in [-0.3, -0.25) is 0 Å². The van der Waals surface area contributed by atoms with Gasteiger partial charge in [-0.1, -0.05) is 0 Å². The number of fused-ring (bicyclic) bond motifs is 1. The zero-order valence-electron chi connectivity index (χ0n) is 16.2. The topological polar surface area (TPSA) is 113 Å². The predicted molar refractivity (Wildman–Crippen MR) is 106 cm³/mol. The highest BCUT2D eigenvalue weighted by Crippen LogP contribution is 2.39. The van der Waals surface area contributed by atoms with Crippen LogP contribution in [0.1, 0.15) is 19.3 Å². The third-order valence-electron chi connectivity index (χ3n) is 5.24. The van der Waals surface area contributed by atoms with Crippen molar-refractivity contribution in [2.75, 3.05) is 43.6 Å². The monoisotopic (exact) mass is 400 g/mol. The Bertz CT molecular complexity index is 872. The van der Waals surface area contributed by atoms with Crippen LogP contribution in [0.25, 0.3) is 0 Å². The molecule has 4 heterocycles. The van der Waals surface area contributed by atoms with Crippen molar-refractivity contribution in [1.82, 2.24) is 19.9 Å². The van der Waals surface area contributed by atoms with Gasteiger partial charge in [-0.15, -0.1) is 0 Å². The number of rotatable bonds is 4. The van der Waals surface area contributed by atoms with E-state index in [0.717, 1.165) is 31.6 Å². The summed E-state index contributed by atoms with van der Waals surface area (Å²) in [5.74, 6) is 2.34. The lowest BCUT2D eigenvalue weighted by molar-refractivity contribution is 0.131. The normalized spacial score (nSPS) is 17.1. The van der Waals surface area contributed by atoms with E-state index in [4.69, 9.17) is 9.47 Å². The second-order valence-electron chi connectivity index (χ2n) is 6.96. The molecule has 29 heavy (non-hydrogen) atoms. The van der Waals surface area contributed by atoms with Crippen molar-refractivity contribution in [3.05, 3.63) is 24.7 Å². The smallest absolute Gasteiger partial charge is 0.407 e. The number of anilines is 3. The van der Waals surface area contributed by atoms with E-state index in [1.807, 2.05) is 12.1 Å². The molecule has 0 radical (unpaired) electrons. The van der Waals surface area contributed by atoms with Gasteiger partial charge in [-0.25, -0.2) is 19.7 Å². The van der Waals surface area contributed by atoms with Crippen LogP contribution in [0.2, 0.25) is 0 Å². The van der Waals surface area contributed by atoms with Gasteiger partial charge in [0.2, 0.25) is 11.6 Å². The van der Waals surface area contributed by atoms with E-state index in [2.05, 4.69) is 25.2 Å². The minimum Gasteiger partial charge on any atom is -0.486 e. The third kappa shape index (κ3) is 3.96. The van der Waals surface area contributed by atoms with Gasteiger partial charge in [-0.05, 0) is 31.4 Å². The number of amides is 1. The van der Waals surface area contributed by atoms with Crippen LogP contribution in [0.3, 0.4) is 0 Å². The third-order valence-corrected chi connectivity index (χ3v) is 5.24. The van der Waals surface area contributed by atoms with Gasteiger partial charge in [0, 0.05) is 31.9 Å². The molecule has 2 aliphatic rings. The number of carbonyl (C=O) groups is 1. The summed E-state index contributed by atoms with van der Waals surface area (Å²) >= 11 is 0. The first-order valence-electron chi connectivity index (χ1n) is 9.65. The van der Waals surface area contributed by atoms with E-state index in [0.29, 0.717) is 42.8 Å². The molecule has 1 saturated heterocycles. The zero-order valence-corrected chi connectivity index (χ0v) is 16.2. The summed E-state index contributed by atoms with van der Waals surface area (Å²) in [7, 11) is 1.57. The molecule has 2 N–H and O–H groups in total. The van der Waals surface area contributed by atoms with Crippen LogP contribution in [0.4, 0.5) is 22.1 Å². The second kappa shape index (κ2) is 8.38. The Morgan fingerprint density at radius 3 is 2.86 bits per heavy atom. The number of nitrogens with zero attached hydrogens (tertiary/aromatic N) is 5. The fourth-order valence-electron chi connectivity index (χ4n) is 3.81. The number of aromatic nitrogens is 3. The Morgan fingerprint density at radius 2 is 2.10 bits per heavy atom. The first kappa shape index (κ1) is 19.0. The maximum absolute atomic E-state index is 11.2. The Hall–Kier alpha value is -3.30. The summed E-state index contributed by atoms with van der Waals surface area (Å²) in [4.78, 5) is 28.0. The zero-order chi connectivity index (χ0) is 20.2. The Morgan fingerprint density at radius 1 is 1.28 bits per heavy atom. The van der Waals surface area contributed by atoms with Crippen molar-refractivity contribution in [2.45, 2.75) is 25.3 Å². The van der Waals surface area contributed by atoms with Crippen LogP contribution in [0.5, 0.6) is 11.6 Å². The molecule has 0 unspecified atom stereocenters. The van der Waals surface area contributed by atoms with Gasteiger partial charge >= 0.3 is 6.09 Å². The highest BCUT2D eigenvalue weighted by Gasteiger charge is 2.31.